The molecule has 66 heavy (non-hydrogen) atoms. The quantitative estimate of drug-likeness (QED) is 0.0247. The molecule has 0 bridgehead atoms. The molecule has 0 aromatic rings. The Morgan fingerprint density at radius 2 is 0.894 bits per heavy atom. The summed E-state index contributed by atoms with van der Waals surface area (Å²) in [7, 11) is 0. The summed E-state index contributed by atoms with van der Waals surface area (Å²) in [5.74, 6) is 10.6. The van der Waals surface area contributed by atoms with Gasteiger partial charge in [-0.05, 0) is 72.1 Å². The zero-order valence-corrected chi connectivity index (χ0v) is 42.0. The van der Waals surface area contributed by atoms with Crippen LogP contribution in [0.4, 0.5) is 0 Å². The molecule has 0 amide bonds. The van der Waals surface area contributed by atoms with Crippen molar-refractivity contribution < 1.29 is 53.0 Å². The number of carboxylic acid groups (broad SMARTS) is 2. The first-order chi connectivity index (χ1) is 31.7. The maximum absolute atomic E-state index is 11.6. The number of hydrogen-bond donors (Lipinski definition) is 8. The molecule has 0 radical (unpaired) electrons. The molecule has 0 rings (SSSR count). The first-order valence-electron chi connectivity index (χ1n) is 24.3. The molecule has 390 valence electrons. The highest BCUT2D eigenvalue weighted by molar-refractivity contribution is 5.75. The van der Waals surface area contributed by atoms with Crippen LogP contribution < -0.4 is 33.8 Å². The number of hydrazine groups is 2. The van der Waals surface area contributed by atoms with Gasteiger partial charge < -0.3 is 70.8 Å². The summed E-state index contributed by atoms with van der Waals surface area (Å²) in [4.78, 5) is 36.5. The number of rotatable bonds is 47. The summed E-state index contributed by atoms with van der Waals surface area (Å²) in [5.41, 5.74) is 13.1. The zero-order chi connectivity index (χ0) is 49.8. The molecule has 0 aromatic carbocycles. The lowest BCUT2D eigenvalue weighted by molar-refractivity contribution is -0.140. The fourth-order valence-electron chi connectivity index (χ4n) is 6.47. The molecule has 0 aliphatic rings. The first-order valence-corrected chi connectivity index (χ1v) is 24.3. The highest BCUT2D eigenvalue weighted by Gasteiger charge is 2.20. The zero-order valence-electron chi connectivity index (χ0n) is 42.0. The molecule has 2 unspecified atom stereocenters. The monoisotopic (exact) mass is 950 g/mol. The van der Waals surface area contributed by atoms with Gasteiger partial charge in [0.1, 0.15) is 17.9 Å². The summed E-state index contributed by atoms with van der Waals surface area (Å²) >= 11 is 0. The lowest BCUT2D eigenvalue weighted by Gasteiger charge is -2.22. The Kier molecular flexibility index (Phi) is 44.9. The van der Waals surface area contributed by atoms with E-state index in [1.807, 2.05) is 27.7 Å². The summed E-state index contributed by atoms with van der Waals surface area (Å²) in [5, 5.41) is 28.4. The summed E-state index contributed by atoms with van der Waals surface area (Å²) in [6.07, 6.45) is 11.5. The van der Waals surface area contributed by atoms with Gasteiger partial charge in [-0.15, -0.1) is 0 Å². The number of nitrogens with two attached hydrogens (primary N) is 4. The Hall–Kier alpha value is -3.15. The molecule has 20 heteroatoms. The number of unbranched alkanes of at least 4 members (excludes halogenated alkanes) is 2. The Bertz CT molecular complexity index is 1160. The van der Waals surface area contributed by atoms with Crippen LogP contribution in [0.25, 0.3) is 0 Å². The molecule has 4 atom stereocenters. The van der Waals surface area contributed by atoms with Gasteiger partial charge in [-0.1, -0.05) is 40.5 Å². The average Bonchev–Trinajstić information content (AvgIpc) is 3.26. The van der Waals surface area contributed by atoms with Crippen molar-refractivity contribution in [2.45, 2.75) is 143 Å². The van der Waals surface area contributed by atoms with Crippen molar-refractivity contribution in [2.24, 2.45) is 23.2 Å². The standard InChI is InChI=1S/C44H89N9O11.C2H6/c1-6-12-36(3)49-41(43(55)56)14-8-10-17-52(47)32-39(45)34-63-30-28-61-24-20-51(19-23-60-27-26-59-22-16-38(5)54)21-25-62-29-31-64-35-40(46)33-53(48)18-11-9-15-42(44(57)58)50-37(4)13-7-2;1-2/h32-33,36-37,41-42,49-50H,6-31,34-35,45-48H2,1-5H3,(H,55,56)(H,57,58);1-2H3/b39-32-,40-33-;/t36?,37?,41-,42-;/m0./s1. The van der Waals surface area contributed by atoms with Crippen LogP contribution in [0.2, 0.25) is 0 Å². The van der Waals surface area contributed by atoms with E-state index in [1.165, 1.54) is 16.9 Å². The third-order valence-electron chi connectivity index (χ3n) is 9.90. The SMILES string of the molecule is CC.CCCC(C)N[C@@H](CCCCN(N)/C=C(\N)COCCOCCN(CCOCCOCCC(C)=O)CCOCCOC/C(N)=C/N(N)CCCC[C@H](NC(C)CCC)C(=O)O)C(=O)O. The van der Waals surface area contributed by atoms with Gasteiger partial charge in [-0.2, -0.15) is 0 Å². The molecule has 0 spiro atoms. The Morgan fingerprint density at radius 3 is 1.23 bits per heavy atom. The minimum atomic E-state index is -0.834. The largest absolute Gasteiger partial charge is 0.480 e. The van der Waals surface area contributed by atoms with Gasteiger partial charge in [0.05, 0.1) is 90.7 Å². The van der Waals surface area contributed by atoms with Crippen molar-refractivity contribution in [1.82, 2.24) is 25.6 Å². The van der Waals surface area contributed by atoms with E-state index in [1.54, 1.807) is 12.4 Å². The Labute approximate surface area is 397 Å². The number of aliphatic carboxylic acids is 2. The molecule has 20 nitrogen and oxygen atoms in total. The van der Waals surface area contributed by atoms with Crippen molar-refractivity contribution in [3.8, 4) is 0 Å². The number of Topliss-reactive ketones (excluding diaryl/α,β-unsaturated/α-hetero) is 1. The molecule has 0 saturated carbocycles. The minimum absolute atomic E-state index is 0.0921. The number of hydrogen-bond acceptors (Lipinski definition) is 18. The number of ketones is 1. The second-order valence-electron chi connectivity index (χ2n) is 16.2. The van der Waals surface area contributed by atoms with Crippen LogP contribution in [0.1, 0.15) is 119 Å². The highest BCUT2D eigenvalue weighted by Crippen LogP contribution is 2.08. The second kappa shape index (κ2) is 45.6. The minimum Gasteiger partial charge on any atom is -0.480 e. The van der Waals surface area contributed by atoms with Crippen molar-refractivity contribution in [3.05, 3.63) is 23.8 Å². The van der Waals surface area contributed by atoms with Crippen LogP contribution in [0.15, 0.2) is 23.8 Å². The number of nitrogens with zero attached hydrogens (tertiary/aromatic N) is 3. The predicted molar refractivity (Wildman–Crippen MR) is 260 cm³/mol. The van der Waals surface area contributed by atoms with Crippen molar-refractivity contribution in [1.29, 1.82) is 0 Å². The van der Waals surface area contributed by atoms with Gasteiger partial charge >= 0.3 is 11.9 Å². The molecule has 12 N–H and O–H groups in total. The van der Waals surface area contributed by atoms with E-state index in [0.717, 1.165) is 38.5 Å². The number of carbonyl (C=O) groups is 3. The second-order valence-corrected chi connectivity index (χ2v) is 16.2. The van der Waals surface area contributed by atoms with Crippen LogP contribution in [0.3, 0.4) is 0 Å². The van der Waals surface area contributed by atoms with E-state index in [9.17, 15) is 24.6 Å². The average molecular weight is 950 g/mol. The first kappa shape index (κ1) is 64.9. The fraction of sp³-hybridized carbons (Fsp3) is 0.848. The van der Waals surface area contributed by atoms with Crippen LogP contribution in [0.5, 0.6) is 0 Å². The van der Waals surface area contributed by atoms with Crippen LogP contribution >= 0.6 is 0 Å². The highest BCUT2D eigenvalue weighted by atomic mass is 16.5. The van der Waals surface area contributed by atoms with Gasteiger partial charge in [0.15, 0.2) is 0 Å². The van der Waals surface area contributed by atoms with E-state index in [4.69, 9.17) is 51.6 Å². The van der Waals surface area contributed by atoms with Gasteiger partial charge in [0, 0.05) is 63.6 Å². The van der Waals surface area contributed by atoms with Crippen LogP contribution in [-0.4, -0.2) is 179 Å². The van der Waals surface area contributed by atoms with E-state index in [-0.39, 0.29) is 31.1 Å². The number of nitrogens with one attached hydrogen (secondary N) is 2. The Balaban J connectivity index is 0. The molecule has 0 saturated heterocycles. The van der Waals surface area contributed by atoms with Crippen molar-refractivity contribution >= 4 is 17.7 Å². The van der Waals surface area contributed by atoms with Crippen LogP contribution in [-0.2, 0) is 42.8 Å². The lowest BCUT2D eigenvalue weighted by atomic mass is 10.1. The molecular weight excluding hydrogens is 855 g/mol. The van der Waals surface area contributed by atoms with Crippen molar-refractivity contribution in [2.75, 3.05) is 112 Å². The summed E-state index contributed by atoms with van der Waals surface area (Å²) in [6.45, 7) is 21.3. The van der Waals surface area contributed by atoms with Gasteiger partial charge in [-0.25, -0.2) is 11.7 Å². The van der Waals surface area contributed by atoms with E-state index >= 15 is 0 Å². The predicted octanol–water partition coefficient (Wildman–Crippen LogP) is 3.15. The smallest absolute Gasteiger partial charge is 0.320 e. The normalized spacial score (nSPS) is 13.8. The number of carbonyl (C=O) groups excluding carboxylic acids is 1. The molecule has 0 fully saturated rings. The van der Waals surface area contributed by atoms with Gasteiger partial charge in [-0.3, -0.25) is 19.3 Å². The maximum Gasteiger partial charge on any atom is 0.320 e. The van der Waals surface area contributed by atoms with Crippen molar-refractivity contribution in [3.63, 3.8) is 0 Å². The van der Waals surface area contributed by atoms with Gasteiger partial charge in [0.2, 0.25) is 0 Å². The third-order valence-corrected chi connectivity index (χ3v) is 9.90. The molecule has 0 aromatic heterocycles. The number of ether oxygens (including phenoxy) is 6. The summed E-state index contributed by atoms with van der Waals surface area (Å²) in [6, 6.07) is -0.833. The Morgan fingerprint density at radius 1 is 0.545 bits per heavy atom. The lowest BCUT2D eigenvalue weighted by Crippen LogP contribution is -2.42. The number of carboxylic acids is 2. The van der Waals surface area contributed by atoms with E-state index < -0.39 is 24.0 Å². The molecule has 0 aliphatic carbocycles. The molecule has 0 aliphatic heterocycles. The fourth-order valence-corrected chi connectivity index (χ4v) is 6.47. The van der Waals surface area contributed by atoms with Gasteiger partial charge in [0.25, 0.3) is 0 Å². The van der Waals surface area contributed by atoms with E-state index in [2.05, 4.69) is 29.4 Å². The van der Waals surface area contributed by atoms with Crippen LogP contribution in [0, 0.1) is 0 Å². The summed E-state index contributed by atoms with van der Waals surface area (Å²) < 4.78 is 34.1. The third kappa shape index (κ3) is 42.2. The van der Waals surface area contributed by atoms with E-state index in [0.29, 0.717) is 142 Å². The molecular formula is C46H95N9O11. The topological polar surface area (TPSA) is 285 Å². The molecule has 0 heterocycles. The maximum atomic E-state index is 11.6.